The highest BCUT2D eigenvalue weighted by atomic mass is 32.2. The number of hydrogen-bond donors (Lipinski definition) is 5. The number of β-lactam (4-membered cyclic amide) rings is 1. The SMILES string of the molecule is CC[N+]1(c2ccccc2NC(=O)OCC(C(=O)OC)(c2ccccc2)c2ccccc2NC(=O)OC(C)(C)C)CCN(C(=O)NCC(=O)N[C@H]2S[C@H]3CC(=O)N3C(C(=O)O)=C2CSc2nnnn2C)C(=O)C1=O. The summed E-state index contributed by atoms with van der Waals surface area (Å²) in [6.45, 7) is 4.96. The summed E-state index contributed by atoms with van der Waals surface area (Å²) in [6, 6.07) is 19.9. The van der Waals surface area contributed by atoms with E-state index in [1.807, 2.05) is 0 Å². The molecule has 8 amide bonds. The molecule has 0 radical (unpaired) electrons. The third-order valence-corrected chi connectivity index (χ3v) is 14.5. The van der Waals surface area contributed by atoms with Crippen molar-refractivity contribution in [2.45, 2.75) is 61.0 Å². The summed E-state index contributed by atoms with van der Waals surface area (Å²) in [7, 11) is 2.76. The number of carboxylic acids is 1. The van der Waals surface area contributed by atoms with Crippen LogP contribution in [0.15, 0.2) is 95.3 Å². The molecule has 3 aromatic carbocycles. The molecular weight excluding hydrogens is 991 g/mol. The number of thioether (sulfide) groups is 2. The van der Waals surface area contributed by atoms with Gasteiger partial charge in [0.25, 0.3) is 0 Å². The van der Waals surface area contributed by atoms with Crippen molar-refractivity contribution in [1.29, 1.82) is 0 Å². The van der Waals surface area contributed by atoms with Crippen molar-refractivity contribution in [3.63, 3.8) is 0 Å². The lowest BCUT2D eigenvalue weighted by molar-refractivity contribution is -0.152. The molecule has 24 nitrogen and oxygen atoms in total. The number of ether oxygens (including phenoxy) is 3. The van der Waals surface area contributed by atoms with E-state index < -0.39 is 93.2 Å². The number of urea groups is 1. The fourth-order valence-electron chi connectivity index (χ4n) is 8.54. The van der Waals surface area contributed by atoms with Gasteiger partial charge in [0.1, 0.15) is 35.5 Å². The van der Waals surface area contributed by atoms with Crippen molar-refractivity contribution in [3.8, 4) is 0 Å². The first-order valence-electron chi connectivity index (χ1n) is 22.6. The number of piperazine rings is 1. The Morgan fingerprint density at radius 3 is 2.23 bits per heavy atom. The summed E-state index contributed by atoms with van der Waals surface area (Å²) in [5.74, 6) is -5.59. The molecule has 2 fully saturated rings. The van der Waals surface area contributed by atoms with Crippen LogP contribution in [-0.4, -0.2) is 151 Å². The van der Waals surface area contributed by atoms with Crippen molar-refractivity contribution < 1.29 is 62.5 Å². The highest BCUT2D eigenvalue weighted by Crippen LogP contribution is 2.45. The minimum atomic E-state index is -1.86. The fraction of sp³-hybridized carbons (Fsp3) is 0.362. The average molecular weight is 1040 g/mol. The second-order valence-electron chi connectivity index (χ2n) is 17.6. The monoisotopic (exact) mass is 1040 g/mol. The first-order chi connectivity index (χ1) is 34.7. The second kappa shape index (κ2) is 21.9. The molecular formula is C47H52N11O13S2+. The van der Waals surface area contributed by atoms with Crippen molar-refractivity contribution in [1.82, 2.24) is 45.1 Å². The number of rotatable bonds is 16. The van der Waals surface area contributed by atoms with E-state index in [0.717, 1.165) is 28.4 Å². The van der Waals surface area contributed by atoms with Crippen LogP contribution in [0.2, 0.25) is 0 Å². The van der Waals surface area contributed by atoms with Crippen molar-refractivity contribution in [2.24, 2.45) is 7.05 Å². The number of tetrazole rings is 1. The van der Waals surface area contributed by atoms with E-state index in [9.17, 15) is 48.3 Å². The largest absolute Gasteiger partial charge is 0.477 e. The predicted octanol–water partition coefficient (Wildman–Crippen LogP) is 3.55. The number of hydrogen-bond acceptors (Lipinski definition) is 17. The van der Waals surface area contributed by atoms with E-state index in [4.69, 9.17) is 14.2 Å². The van der Waals surface area contributed by atoms with Crippen LogP contribution in [0, 0.1) is 0 Å². The number of imide groups is 1. The van der Waals surface area contributed by atoms with Crippen LogP contribution in [-0.2, 0) is 55.4 Å². The smallest absolute Gasteiger partial charge is 0.412 e. The van der Waals surface area contributed by atoms with Gasteiger partial charge >= 0.3 is 42.0 Å². The molecule has 3 aliphatic heterocycles. The zero-order valence-corrected chi connectivity index (χ0v) is 42.0. The lowest BCUT2D eigenvalue weighted by Gasteiger charge is -2.46. The predicted molar refractivity (Wildman–Crippen MR) is 263 cm³/mol. The van der Waals surface area contributed by atoms with Crippen LogP contribution in [0.1, 0.15) is 45.2 Å². The first kappa shape index (κ1) is 53.0. The number of aliphatic carboxylic acids is 1. The molecule has 0 aliphatic carbocycles. The number of nitrogens with one attached hydrogen (secondary N) is 4. The number of benzene rings is 3. The number of aromatic nitrogens is 4. The van der Waals surface area contributed by atoms with Gasteiger partial charge in [-0.25, -0.2) is 38.0 Å². The van der Waals surface area contributed by atoms with Crippen molar-refractivity contribution in [2.75, 3.05) is 56.3 Å². The quantitative estimate of drug-likeness (QED) is 0.0268. The number of esters is 1. The van der Waals surface area contributed by atoms with Crippen LogP contribution in [0.25, 0.3) is 0 Å². The Morgan fingerprint density at radius 1 is 0.918 bits per heavy atom. The molecule has 7 rings (SSSR count). The van der Waals surface area contributed by atoms with E-state index in [1.165, 1.54) is 23.9 Å². The third-order valence-electron chi connectivity index (χ3n) is 12.0. The molecule has 1 aromatic heterocycles. The molecule has 4 heterocycles. The zero-order valence-electron chi connectivity index (χ0n) is 40.4. The number of carboxylic acid groups (broad SMARTS) is 1. The molecule has 3 aliphatic rings. The molecule has 4 atom stereocenters. The Kier molecular flexibility index (Phi) is 15.9. The summed E-state index contributed by atoms with van der Waals surface area (Å²) in [5, 5.41) is 30.7. The number of nitrogens with zero attached hydrogens (tertiary/aromatic N) is 7. The lowest BCUT2D eigenvalue weighted by atomic mass is 9.74. The zero-order chi connectivity index (χ0) is 52.8. The number of methoxy groups -OCH3 is 1. The number of carbonyl (C=O) groups is 9. The lowest BCUT2D eigenvalue weighted by Crippen LogP contribution is -2.69. The molecule has 5 N–H and O–H groups in total. The van der Waals surface area contributed by atoms with Gasteiger partial charge in [-0.15, -0.1) is 16.9 Å². The van der Waals surface area contributed by atoms with E-state index in [-0.39, 0.29) is 65.7 Å². The number of amides is 8. The molecule has 0 spiro atoms. The minimum absolute atomic E-state index is 0.000214. The average Bonchev–Trinajstić information content (AvgIpc) is 3.77. The van der Waals surface area contributed by atoms with Gasteiger partial charge < -0.3 is 30.0 Å². The van der Waals surface area contributed by atoms with Crippen LogP contribution in [0.4, 0.5) is 31.4 Å². The molecule has 4 aromatic rings. The summed E-state index contributed by atoms with van der Waals surface area (Å²) in [4.78, 5) is 123. The highest BCUT2D eigenvalue weighted by Gasteiger charge is 2.53. The Labute approximate surface area is 426 Å². The van der Waals surface area contributed by atoms with E-state index in [2.05, 4.69) is 36.8 Å². The number of aryl methyl sites for hydroxylation is 1. The normalized spacial score (nSPS) is 19.4. The maximum absolute atomic E-state index is 14.3. The molecule has 2 unspecified atom stereocenters. The van der Waals surface area contributed by atoms with Gasteiger partial charge in [-0.2, -0.15) is 0 Å². The molecule has 73 heavy (non-hydrogen) atoms. The molecule has 0 bridgehead atoms. The van der Waals surface area contributed by atoms with Crippen molar-refractivity contribution in [3.05, 3.63) is 101 Å². The van der Waals surface area contributed by atoms with Crippen LogP contribution in [0.3, 0.4) is 0 Å². The van der Waals surface area contributed by atoms with Crippen molar-refractivity contribution >= 4 is 94.4 Å². The minimum Gasteiger partial charge on any atom is -0.477 e. The van der Waals surface area contributed by atoms with Crippen LogP contribution < -0.4 is 25.8 Å². The van der Waals surface area contributed by atoms with E-state index >= 15 is 0 Å². The molecule has 384 valence electrons. The van der Waals surface area contributed by atoms with Gasteiger partial charge in [0.2, 0.25) is 17.0 Å². The Bertz CT molecular complexity index is 2890. The van der Waals surface area contributed by atoms with Crippen LogP contribution >= 0.6 is 23.5 Å². The summed E-state index contributed by atoms with van der Waals surface area (Å²) < 4.78 is 17.4. The third kappa shape index (κ3) is 11.0. The van der Waals surface area contributed by atoms with Gasteiger partial charge in [0.15, 0.2) is 11.1 Å². The number of fused-ring (bicyclic) bond motifs is 1. The number of quaternary nitrogens is 1. The summed E-state index contributed by atoms with van der Waals surface area (Å²) in [6.07, 6.45) is -1.82. The Hall–Kier alpha value is -7.84. The Balaban J connectivity index is 1.04. The van der Waals surface area contributed by atoms with Gasteiger partial charge in [-0.05, 0) is 55.8 Å². The number of anilines is 2. The van der Waals surface area contributed by atoms with E-state index in [1.54, 1.807) is 101 Å². The number of carbonyl (C=O) groups excluding carboxylic acids is 8. The Morgan fingerprint density at radius 2 is 1.59 bits per heavy atom. The van der Waals surface area contributed by atoms with Crippen LogP contribution in [0.5, 0.6) is 0 Å². The van der Waals surface area contributed by atoms with Gasteiger partial charge in [0.05, 0.1) is 38.5 Å². The van der Waals surface area contributed by atoms with Gasteiger partial charge in [-0.1, -0.05) is 72.4 Å². The topological polar surface area (TPSA) is 300 Å². The molecule has 0 saturated carbocycles. The molecule has 26 heteroatoms. The van der Waals surface area contributed by atoms with Gasteiger partial charge in [-0.3, -0.25) is 34.7 Å². The fourth-order valence-corrected chi connectivity index (χ4v) is 11.0. The maximum Gasteiger partial charge on any atom is 0.412 e. The highest BCUT2D eigenvalue weighted by molar-refractivity contribution is 8.01. The molecule has 2 saturated heterocycles. The standard InChI is InChI=1S/C47H51N11O13S2/c1-7-58(22-21-56(38(61)39(58)62)42(66)48-24-33(59)51-37-28(25-72-43-52-53-54-55(43)5)36(40(63)64)57-34(60)23-35(57)73-37)32-20-14-13-19-31(32)50-44(67)70-26-47(41(65)69-6,27-15-9-8-10-16-27)29-17-11-12-18-30(29)49-45(68)71-46(2,3)4/h8-20,35,37H,7,21-26H2,1-6H3,(H4-,48,49,50,51,59,63,64,66,67,68)/p+1/t35-,37-,47?,58?/m0/s1. The number of para-hydroxylation sites is 3. The number of likely N-dealkylation sites (N-methyl/N-ethyl adjacent to an activating group) is 1. The van der Waals surface area contributed by atoms with E-state index in [0.29, 0.717) is 15.6 Å². The van der Waals surface area contributed by atoms with Gasteiger partial charge in [0, 0.05) is 35.7 Å². The summed E-state index contributed by atoms with van der Waals surface area (Å²) in [5.41, 5.74) is -1.81. The maximum atomic E-state index is 14.3. The summed E-state index contributed by atoms with van der Waals surface area (Å²) >= 11 is 2.23. The first-order valence-corrected chi connectivity index (χ1v) is 24.5. The second-order valence-corrected chi connectivity index (χ2v) is 19.9.